The first-order valence-electron chi connectivity index (χ1n) is 8.45. The van der Waals surface area contributed by atoms with Gasteiger partial charge in [-0.05, 0) is 45.7 Å². The second kappa shape index (κ2) is 7.96. The van der Waals surface area contributed by atoms with E-state index in [0.717, 1.165) is 12.8 Å². The molecule has 1 saturated carbocycles. The number of likely N-dealkylation sites (N-methyl/N-ethyl adjacent to an activating group) is 1. The molecule has 0 atom stereocenters. The third-order valence-electron chi connectivity index (χ3n) is 3.83. The lowest BCUT2D eigenvalue weighted by Gasteiger charge is -2.21. The molecule has 0 unspecified atom stereocenters. The van der Waals surface area contributed by atoms with Crippen molar-refractivity contribution in [1.29, 1.82) is 0 Å². The zero-order valence-electron chi connectivity index (χ0n) is 14.7. The number of hydrogen-bond acceptors (Lipinski definition) is 5. The third kappa shape index (κ3) is 5.17. The van der Waals surface area contributed by atoms with E-state index in [1.807, 2.05) is 13.8 Å². The number of nitro groups is 1. The van der Waals surface area contributed by atoms with Crippen LogP contribution in [0.1, 0.15) is 44.0 Å². The second-order valence-electron chi connectivity index (χ2n) is 6.45. The van der Waals surface area contributed by atoms with Crippen LogP contribution in [0.4, 0.5) is 11.4 Å². The number of anilines is 1. The minimum absolute atomic E-state index is 0.0184. The fourth-order valence-electron chi connectivity index (χ4n) is 2.44. The van der Waals surface area contributed by atoms with E-state index in [1.165, 1.54) is 11.0 Å². The molecule has 8 nitrogen and oxygen atoms in total. The molecule has 0 radical (unpaired) electrons. The molecule has 136 valence electrons. The topological polar surface area (TPSA) is 105 Å². The molecule has 0 bridgehead atoms. The molecule has 0 heterocycles. The average molecular weight is 348 g/mol. The van der Waals surface area contributed by atoms with Gasteiger partial charge >= 0.3 is 0 Å². The number of amides is 2. The zero-order valence-corrected chi connectivity index (χ0v) is 14.7. The molecule has 2 amide bonds. The second-order valence-corrected chi connectivity index (χ2v) is 6.45. The first-order chi connectivity index (χ1) is 11.8. The van der Waals surface area contributed by atoms with E-state index in [4.69, 9.17) is 0 Å². The minimum Gasteiger partial charge on any atom is -0.377 e. The van der Waals surface area contributed by atoms with Crippen molar-refractivity contribution in [2.24, 2.45) is 0 Å². The standard InChI is InChI=1S/C17H24N4O4/c1-4-20(10-16(22)18-11(2)3)17(23)12-5-8-14(19-13-6-7-13)15(9-12)21(24)25/h5,8-9,11,13,19H,4,6-7,10H2,1-3H3,(H,18,22). The van der Waals surface area contributed by atoms with Crippen LogP contribution < -0.4 is 10.6 Å². The SMILES string of the molecule is CCN(CC(=O)NC(C)C)C(=O)c1ccc(NC2CC2)c([N+](=O)[O-])c1. The normalized spacial score (nSPS) is 13.4. The number of nitro benzene ring substituents is 1. The van der Waals surface area contributed by atoms with E-state index in [-0.39, 0.29) is 35.8 Å². The van der Waals surface area contributed by atoms with E-state index in [2.05, 4.69) is 10.6 Å². The fourth-order valence-corrected chi connectivity index (χ4v) is 2.44. The fraction of sp³-hybridized carbons (Fsp3) is 0.529. The Hall–Kier alpha value is -2.64. The van der Waals surface area contributed by atoms with Crippen molar-refractivity contribution in [3.63, 3.8) is 0 Å². The number of hydrogen-bond donors (Lipinski definition) is 2. The molecule has 0 saturated heterocycles. The van der Waals surface area contributed by atoms with Gasteiger partial charge in [-0.15, -0.1) is 0 Å². The first-order valence-corrected chi connectivity index (χ1v) is 8.45. The van der Waals surface area contributed by atoms with Crippen LogP contribution in [0, 0.1) is 10.1 Å². The summed E-state index contributed by atoms with van der Waals surface area (Å²) in [5, 5.41) is 17.1. The molecular weight excluding hydrogens is 324 g/mol. The van der Waals surface area contributed by atoms with Crippen LogP contribution >= 0.6 is 0 Å². The molecule has 0 spiro atoms. The lowest BCUT2D eigenvalue weighted by molar-refractivity contribution is -0.384. The lowest BCUT2D eigenvalue weighted by Crippen LogP contribution is -2.42. The molecule has 8 heteroatoms. The third-order valence-corrected chi connectivity index (χ3v) is 3.83. The summed E-state index contributed by atoms with van der Waals surface area (Å²) in [7, 11) is 0. The smallest absolute Gasteiger partial charge is 0.293 e. The van der Waals surface area contributed by atoms with Gasteiger partial charge < -0.3 is 15.5 Å². The number of carbonyl (C=O) groups excluding carboxylic acids is 2. The van der Waals surface area contributed by atoms with Crippen LogP contribution in [0.25, 0.3) is 0 Å². The van der Waals surface area contributed by atoms with Gasteiger partial charge in [0.15, 0.2) is 0 Å². The van der Waals surface area contributed by atoms with Crippen molar-refractivity contribution in [3.05, 3.63) is 33.9 Å². The van der Waals surface area contributed by atoms with Crippen molar-refractivity contribution in [2.45, 2.75) is 45.7 Å². The summed E-state index contributed by atoms with van der Waals surface area (Å²) in [5.74, 6) is -0.658. The van der Waals surface area contributed by atoms with E-state index >= 15 is 0 Å². The number of rotatable bonds is 8. The predicted molar refractivity (Wildman–Crippen MR) is 94.6 cm³/mol. The largest absolute Gasteiger partial charge is 0.377 e. The lowest BCUT2D eigenvalue weighted by atomic mass is 10.1. The van der Waals surface area contributed by atoms with Gasteiger partial charge in [-0.25, -0.2) is 0 Å². The number of nitrogens with one attached hydrogen (secondary N) is 2. The molecule has 1 aromatic rings. The monoisotopic (exact) mass is 348 g/mol. The minimum atomic E-state index is -0.497. The van der Waals surface area contributed by atoms with Gasteiger partial charge in [0.05, 0.1) is 11.5 Å². The molecule has 2 N–H and O–H groups in total. The van der Waals surface area contributed by atoms with Crippen LogP contribution in [0.5, 0.6) is 0 Å². The molecule has 1 aliphatic carbocycles. The maximum absolute atomic E-state index is 12.6. The number of nitrogens with zero attached hydrogens (tertiary/aromatic N) is 2. The van der Waals surface area contributed by atoms with Gasteiger partial charge in [0, 0.05) is 30.3 Å². The first kappa shape index (κ1) is 18.7. The average Bonchev–Trinajstić information content (AvgIpc) is 3.35. The summed E-state index contributed by atoms with van der Waals surface area (Å²) in [6.45, 7) is 5.69. The van der Waals surface area contributed by atoms with Crippen LogP contribution in [-0.4, -0.2) is 46.8 Å². The molecule has 0 aromatic heterocycles. The summed E-state index contributed by atoms with van der Waals surface area (Å²) in [6, 6.07) is 4.65. The number of carbonyl (C=O) groups is 2. The Morgan fingerprint density at radius 1 is 1.36 bits per heavy atom. The summed E-state index contributed by atoms with van der Waals surface area (Å²) in [6.07, 6.45) is 1.98. The van der Waals surface area contributed by atoms with Gasteiger partial charge in [-0.3, -0.25) is 19.7 Å². The predicted octanol–water partition coefficient (Wildman–Crippen LogP) is 2.16. The molecule has 25 heavy (non-hydrogen) atoms. The van der Waals surface area contributed by atoms with E-state index in [1.54, 1.807) is 19.1 Å². The highest BCUT2D eigenvalue weighted by atomic mass is 16.6. The Bertz CT molecular complexity index is 671. The summed E-state index contributed by atoms with van der Waals surface area (Å²) in [4.78, 5) is 36.7. The van der Waals surface area contributed by atoms with Gasteiger partial charge in [0.1, 0.15) is 5.69 Å². The van der Waals surface area contributed by atoms with Gasteiger partial charge in [0.25, 0.3) is 11.6 Å². The Balaban J connectivity index is 2.17. The Morgan fingerprint density at radius 3 is 2.56 bits per heavy atom. The van der Waals surface area contributed by atoms with E-state index in [0.29, 0.717) is 12.2 Å². The van der Waals surface area contributed by atoms with Crippen LogP contribution in [0.2, 0.25) is 0 Å². The summed E-state index contributed by atoms with van der Waals surface area (Å²) >= 11 is 0. The summed E-state index contributed by atoms with van der Waals surface area (Å²) < 4.78 is 0. The molecule has 1 aliphatic rings. The molecule has 1 aromatic carbocycles. The highest BCUT2D eigenvalue weighted by Crippen LogP contribution is 2.31. The highest BCUT2D eigenvalue weighted by molar-refractivity contribution is 5.97. The van der Waals surface area contributed by atoms with Crippen LogP contribution in [0.15, 0.2) is 18.2 Å². The van der Waals surface area contributed by atoms with Crippen molar-refractivity contribution < 1.29 is 14.5 Å². The Kier molecular flexibility index (Phi) is 5.95. The quantitative estimate of drug-likeness (QED) is 0.553. The highest BCUT2D eigenvalue weighted by Gasteiger charge is 2.26. The van der Waals surface area contributed by atoms with E-state index < -0.39 is 10.8 Å². The molecule has 0 aliphatic heterocycles. The molecule has 2 rings (SSSR count). The maximum atomic E-state index is 12.6. The molecule has 1 fully saturated rings. The maximum Gasteiger partial charge on any atom is 0.293 e. The molecular formula is C17H24N4O4. The van der Waals surface area contributed by atoms with Gasteiger partial charge in [-0.1, -0.05) is 0 Å². The number of benzene rings is 1. The van der Waals surface area contributed by atoms with Crippen molar-refractivity contribution >= 4 is 23.2 Å². The van der Waals surface area contributed by atoms with Crippen molar-refractivity contribution in [1.82, 2.24) is 10.2 Å². The Labute approximate surface area is 146 Å². The van der Waals surface area contributed by atoms with Crippen LogP contribution in [0.3, 0.4) is 0 Å². The van der Waals surface area contributed by atoms with Gasteiger partial charge in [-0.2, -0.15) is 0 Å². The van der Waals surface area contributed by atoms with Crippen LogP contribution in [-0.2, 0) is 4.79 Å². The Morgan fingerprint density at radius 2 is 2.04 bits per heavy atom. The zero-order chi connectivity index (χ0) is 18.6. The summed E-state index contributed by atoms with van der Waals surface area (Å²) in [5.41, 5.74) is 0.498. The van der Waals surface area contributed by atoms with Gasteiger partial charge in [0.2, 0.25) is 5.91 Å². The van der Waals surface area contributed by atoms with E-state index in [9.17, 15) is 19.7 Å². The van der Waals surface area contributed by atoms with Crippen molar-refractivity contribution in [3.8, 4) is 0 Å². The van der Waals surface area contributed by atoms with Crippen molar-refractivity contribution in [2.75, 3.05) is 18.4 Å².